The number of carbonyl (C=O) groups is 4. The van der Waals surface area contributed by atoms with Crippen molar-refractivity contribution >= 4 is 35.2 Å². The molecule has 4 aliphatic carbocycles. The molecular formula is C21H18ClNO5. The maximum atomic E-state index is 12.8. The van der Waals surface area contributed by atoms with Gasteiger partial charge in [0, 0.05) is 10.6 Å². The smallest absolute Gasteiger partial charge is 0.326 e. The maximum absolute atomic E-state index is 12.8. The molecular weight excluding hydrogens is 382 g/mol. The molecule has 0 spiro atoms. The molecule has 1 saturated heterocycles. The lowest BCUT2D eigenvalue weighted by Gasteiger charge is -2.37. The summed E-state index contributed by atoms with van der Waals surface area (Å²) in [5.74, 6) is -1.11. The number of ether oxygens (including phenoxy) is 1. The van der Waals surface area contributed by atoms with Crippen LogP contribution in [0, 0.1) is 35.5 Å². The molecule has 0 aromatic heterocycles. The number of imide groups is 1. The number of Topliss-reactive ketones (excluding diaryl/α,β-unsaturated/α-hetero) is 1. The summed E-state index contributed by atoms with van der Waals surface area (Å²) in [6.45, 7) is -0.881. The van der Waals surface area contributed by atoms with Gasteiger partial charge in [-0.3, -0.25) is 24.1 Å². The topological polar surface area (TPSA) is 80.8 Å². The highest BCUT2D eigenvalue weighted by Gasteiger charge is 2.67. The molecule has 1 aromatic carbocycles. The Morgan fingerprint density at radius 3 is 2.14 bits per heavy atom. The van der Waals surface area contributed by atoms with Gasteiger partial charge in [0.15, 0.2) is 12.4 Å². The number of benzene rings is 1. The van der Waals surface area contributed by atoms with Gasteiger partial charge in [0.25, 0.3) is 0 Å². The van der Waals surface area contributed by atoms with E-state index in [4.69, 9.17) is 16.3 Å². The number of amides is 2. The first-order valence-corrected chi connectivity index (χ1v) is 9.81. The molecule has 2 saturated carbocycles. The molecule has 1 aromatic rings. The first kappa shape index (κ1) is 17.6. The molecule has 5 aliphatic rings. The molecule has 2 bridgehead atoms. The van der Waals surface area contributed by atoms with Gasteiger partial charge < -0.3 is 4.74 Å². The van der Waals surface area contributed by atoms with Crippen molar-refractivity contribution in [2.45, 2.75) is 6.42 Å². The second-order valence-corrected chi connectivity index (χ2v) is 8.44. The second-order valence-electron chi connectivity index (χ2n) is 8.01. The van der Waals surface area contributed by atoms with Crippen LogP contribution in [0.2, 0.25) is 5.02 Å². The second kappa shape index (κ2) is 6.27. The number of hydrogen-bond donors (Lipinski definition) is 0. The van der Waals surface area contributed by atoms with E-state index in [1.54, 1.807) is 24.3 Å². The van der Waals surface area contributed by atoms with Crippen molar-refractivity contribution in [2.75, 3.05) is 13.2 Å². The molecule has 6 rings (SSSR count). The molecule has 7 heteroatoms. The molecule has 1 heterocycles. The zero-order chi connectivity index (χ0) is 19.6. The zero-order valence-electron chi connectivity index (χ0n) is 14.9. The fraction of sp³-hybridized carbons (Fsp3) is 0.429. The van der Waals surface area contributed by atoms with E-state index in [2.05, 4.69) is 12.2 Å². The number of carbonyl (C=O) groups excluding carboxylic acids is 4. The number of rotatable bonds is 5. The monoisotopic (exact) mass is 399 g/mol. The van der Waals surface area contributed by atoms with E-state index in [0.29, 0.717) is 22.4 Å². The van der Waals surface area contributed by atoms with Crippen molar-refractivity contribution in [1.29, 1.82) is 0 Å². The Morgan fingerprint density at radius 2 is 1.57 bits per heavy atom. The number of likely N-dealkylation sites (tertiary alicyclic amines) is 1. The maximum Gasteiger partial charge on any atom is 0.326 e. The van der Waals surface area contributed by atoms with Crippen LogP contribution in [-0.4, -0.2) is 41.6 Å². The third-order valence-electron chi connectivity index (χ3n) is 6.57. The summed E-state index contributed by atoms with van der Waals surface area (Å²) in [4.78, 5) is 50.9. The summed E-state index contributed by atoms with van der Waals surface area (Å²) in [6.07, 6.45) is 5.25. The van der Waals surface area contributed by atoms with Crippen LogP contribution in [-0.2, 0) is 19.1 Å². The Labute approximate surface area is 166 Å². The predicted molar refractivity (Wildman–Crippen MR) is 98.2 cm³/mol. The normalized spacial score (nSPS) is 34.2. The van der Waals surface area contributed by atoms with Crippen molar-refractivity contribution in [2.24, 2.45) is 35.5 Å². The number of allylic oxidation sites excluding steroid dienone is 2. The van der Waals surface area contributed by atoms with Gasteiger partial charge in [-0.15, -0.1) is 0 Å². The molecule has 3 fully saturated rings. The van der Waals surface area contributed by atoms with Crippen LogP contribution in [0.3, 0.4) is 0 Å². The Balaban J connectivity index is 1.21. The molecule has 0 unspecified atom stereocenters. The number of ketones is 1. The molecule has 6 atom stereocenters. The highest BCUT2D eigenvalue weighted by atomic mass is 35.5. The van der Waals surface area contributed by atoms with Gasteiger partial charge in [-0.2, -0.15) is 0 Å². The van der Waals surface area contributed by atoms with Gasteiger partial charge in [-0.1, -0.05) is 23.8 Å². The van der Waals surface area contributed by atoms with E-state index in [-0.39, 0.29) is 41.3 Å². The summed E-state index contributed by atoms with van der Waals surface area (Å²) in [7, 11) is 0. The Kier molecular flexibility index (Phi) is 3.95. The summed E-state index contributed by atoms with van der Waals surface area (Å²) in [5, 5.41) is 0.502. The van der Waals surface area contributed by atoms with E-state index in [9.17, 15) is 19.2 Å². The first-order valence-electron chi connectivity index (χ1n) is 9.43. The van der Waals surface area contributed by atoms with E-state index >= 15 is 0 Å². The van der Waals surface area contributed by atoms with Gasteiger partial charge >= 0.3 is 5.97 Å². The lowest BCUT2D eigenvalue weighted by molar-refractivity contribution is -0.152. The van der Waals surface area contributed by atoms with Gasteiger partial charge in [0.05, 0.1) is 11.8 Å². The average molecular weight is 400 g/mol. The van der Waals surface area contributed by atoms with Crippen molar-refractivity contribution < 1.29 is 23.9 Å². The molecule has 0 radical (unpaired) electrons. The Hall–Kier alpha value is -2.47. The summed E-state index contributed by atoms with van der Waals surface area (Å²) in [5.41, 5.74) is 0.374. The number of nitrogens with zero attached hydrogens (tertiary/aromatic N) is 1. The van der Waals surface area contributed by atoms with E-state index in [1.165, 1.54) is 0 Å². The Bertz CT molecular complexity index is 887. The molecule has 144 valence electrons. The third kappa shape index (κ3) is 2.62. The van der Waals surface area contributed by atoms with Crippen LogP contribution < -0.4 is 0 Å². The molecule has 6 nitrogen and oxygen atoms in total. The lowest BCUT2D eigenvalue weighted by atomic mass is 9.63. The first-order chi connectivity index (χ1) is 13.5. The fourth-order valence-electron chi connectivity index (χ4n) is 5.21. The number of hydrogen-bond acceptors (Lipinski definition) is 5. The van der Waals surface area contributed by atoms with Crippen LogP contribution in [0.5, 0.6) is 0 Å². The SMILES string of the molecule is O=C(CN1C(=O)[C@@H]2[C@@H]3C=C[C@H]([C@H]4C[C@H]34)[C@@H]2C1=O)OCC(=O)c1ccc(Cl)cc1. The van der Waals surface area contributed by atoms with Crippen LogP contribution in [0.1, 0.15) is 16.8 Å². The van der Waals surface area contributed by atoms with Gasteiger partial charge in [0.2, 0.25) is 11.8 Å². The summed E-state index contributed by atoms with van der Waals surface area (Å²) in [6, 6.07) is 6.25. The van der Waals surface area contributed by atoms with Crippen molar-refractivity contribution in [3.63, 3.8) is 0 Å². The van der Waals surface area contributed by atoms with Crippen LogP contribution >= 0.6 is 11.6 Å². The van der Waals surface area contributed by atoms with Crippen LogP contribution in [0.4, 0.5) is 0 Å². The van der Waals surface area contributed by atoms with E-state index in [1.807, 2.05) is 0 Å². The van der Waals surface area contributed by atoms with Gasteiger partial charge in [0.1, 0.15) is 6.54 Å². The number of halogens is 1. The van der Waals surface area contributed by atoms with Crippen molar-refractivity contribution in [3.05, 3.63) is 47.0 Å². The predicted octanol–water partition coefficient (Wildman–Crippen LogP) is 2.12. The summed E-state index contributed by atoms with van der Waals surface area (Å²) < 4.78 is 5.02. The molecule has 0 N–H and O–H groups in total. The van der Waals surface area contributed by atoms with E-state index in [0.717, 1.165) is 11.3 Å². The molecule has 2 amide bonds. The summed E-state index contributed by atoms with van der Waals surface area (Å²) >= 11 is 5.78. The molecule has 1 aliphatic heterocycles. The third-order valence-corrected chi connectivity index (χ3v) is 6.82. The standard InChI is InChI=1S/C21H18ClNO5/c22-11-3-1-10(2-4-11)16(24)9-28-17(25)8-23-20(26)18-12-5-6-13(15-7-14(12)15)19(18)21(23)27/h1-6,12-15,18-19H,7-9H2/t12-,13-,14-,15-,18-,19+/m1/s1. The highest BCUT2D eigenvalue weighted by Crippen LogP contribution is 2.65. The van der Waals surface area contributed by atoms with Gasteiger partial charge in [-0.05, 0) is 54.4 Å². The molecule has 28 heavy (non-hydrogen) atoms. The zero-order valence-corrected chi connectivity index (χ0v) is 15.7. The largest absolute Gasteiger partial charge is 0.456 e. The lowest BCUT2D eigenvalue weighted by Crippen LogP contribution is -2.40. The van der Waals surface area contributed by atoms with Gasteiger partial charge in [-0.25, -0.2) is 0 Å². The van der Waals surface area contributed by atoms with Crippen LogP contribution in [0.15, 0.2) is 36.4 Å². The number of esters is 1. The van der Waals surface area contributed by atoms with E-state index < -0.39 is 19.1 Å². The quantitative estimate of drug-likeness (QED) is 0.328. The van der Waals surface area contributed by atoms with Crippen molar-refractivity contribution in [1.82, 2.24) is 4.90 Å². The minimum absolute atomic E-state index is 0.115. The van der Waals surface area contributed by atoms with Crippen molar-refractivity contribution in [3.8, 4) is 0 Å². The minimum Gasteiger partial charge on any atom is -0.456 e. The van der Waals surface area contributed by atoms with Crippen LogP contribution in [0.25, 0.3) is 0 Å². The Morgan fingerprint density at radius 1 is 1.00 bits per heavy atom. The minimum atomic E-state index is -0.756. The highest BCUT2D eigenvalue weighted by molar-refractivity contribution is 6.30. The average Bonchev–Trinajstić information content (AvgIpc) is 3.48. The fourth-order valence-corrected chi connectivity index (χ4v) is 5.34.